The fraction of sp³-hybridized carbons (Fsp3) is 1.00. The van der Waals surface area contributed by atoms with Gasteiger partial charge >= 0.3 is 0 Å². The van der Waals surface area contributed by atoms with E-state index in [4.69, 9.17) is 14.2 Å². The minimum atomic E-state index is -0.676. The molecule has 1 rings (SSSR count). The molecule has 5 nitrogen and oxygen atoms in total. The minimum Gasteiger partial charge on any atom is -0.386 e. The third-order valence-electron chi connectivity index (χ3n) is 2.24. The van der Waals surface area contributed by atoms with Crippen LogP contribution in [0.25, 0.3) is 0 Å². The van der Waals surface area contributed by atoms with Gasteiger partial charge in [0, 0.05) is 14.2 Å². The molecule has 1 aliphatic heterocycles. The molecule has 1 N–H and O–H groups in total. The second-order valence-electron chi connectivity index (χ2n) is 3.29. The summed E-state index contributed by atoms with van der Waals surface area (Å²) in [6.07, 6.45) is -1.71. The van der Waals surface area contributed by atoms with Gasteiger partial charge in [0.15, 0.2) is 12.6 Å². The number of nitrogens with zero attached hydrogens (tertiary/aromatic N) is 1. The lowest BCUT2D eigenvalue weighted by atomic mass is 10.1. The van der Waals surface area contributed by atoms with Crippen LogP contribution in [0.1, 0.15) is 0 Å². The lowest BCUT2D eigenvalue weighted by Gasteiger charge is -2.25. The molecule has 0 aromatic carbocycles. The molecule has 0 radical (unpaired) electrons. The Balaban J connectivity index is 2.68. The number of likely N-dealkylation sites (N-methyl/N-ethyl adjacent to an activating group) is 1. The maximum atomic E-state index is 9.75. The number of methoxy groups -OCH3 is 2. The van der Waals surface area contributed by atoms with Crippen molar-refractivity contribution < 1.29 is 19.3 Å². The largest absolute Gasteiger partial charge is 0.386 e. The van der Waals surface area contributed by atoms with Gasteiger partial charge in [-0.15, -0.1) is 0 Å². The smallest absolute Gasteiger partial charge is 0.187 e. The van der Waals surface area contributed by atoms with Crippen LogP contribution in [0.5, 0.6) is 0 Å². The predicted octanol–water partition coefficient (Wildman–Crippen LogP) is -0.747. The van der Waals surface area contributed by atoms with Crippen molar-refractivity contribution in [1.82, 2.24) is 4.90 Å². The van der Waals surface area contributed by atoms with Crippen LogP contribution in [-0.2, 0) is 14.2 Å². The van der Waals surface area contributed by atoms with E-state index in [1.165, 1.54) is 7.11 Å². The Morgan fingerprint density at radius 2 is 1.69 bits per heavy atom. The number of hydrogen-bond acceptors (Lipinski definition) is 5. The summed E-state index contributed by atoms with van der Waals surface area (Å²) in [5, 5.41) is 9.75. The predicted molar refractivity (Wildman–Crippen MR) is 46.2 cm³/mol. The van der Waals surface area contributed by atoms with Crippen LogP contribution >= 0.6 is 0 Å². The van der Waals surface area contributed by atoms with E-state index in [1.807, 2.05) is 19.0 Å². The number of aliphatic hydroxyl groups excluding tert-OH is 1. The molecular weight excluding hydrogens is 174 g/mol. The minimum absolute atomic E-state index is 0.185. The average molecular weight is 191 g/mol. The van der Waals surface area contributed by atoms with E-state index in [2.05, 4.69) is 0 Å². The first-order valence-corrected chi connectivity index (χ1v) is 4.17. The summed E-state index contributed by atoms with van der Waals surface area (Å²) in [6, 6.07) is -0.185. The summed E-state index contributed by atoms with van der Waals surface area (Å²) >= 11 is 0. The van der Waals surface area contributed by atoms with Crippen molar-refractivity contribution in [3.8, 4) is 0 Å². The first kappa shape index (κ1) is 10.9. The molecular formula is C8H17NO4. The van der Waals surface area contributed by atoms with Gasteiger partial charge < -0.3 is 19.3 Å². The maximum absolute atomic E-state index is 9.75. The van der Waals surface area contributed by atoms with Gasteiger partial charge in [-0.3, -0.25) is 4.90 Å². The summed E-state index contributed by atoms with van der Waals surface area (Å²) in [6.45, 7) is 0. The van der Waals surface area contributed by atoms with Crippen molar-refractivity contribution in [2.24, 2.45) is 0 Å². The van der Waals surface area contributed by atoms with Crippen LogP contribution < -0.4 is 0 Å². The second-order valence-corrected chi connectivity index (χ2v) is 3.29. The third-order valence-corrected chi connectivity index (χ3v) is 2.24. The van der Waals surface area contributed by atoms with Gasteiger partial charge in [-0.25, -0.2) is 0 Å². The maximum Gasteiger partial charge on any atom is 0.187 e. The molecule has 0 unspecified atom stereocenters. The van der Waals surface area contributed by atoms with E-state index in [0.29, 0.717) is 0 Å². The van der Waals surface area contributed by atoms with E-state index < -0.39 is 18.7 Å². The Morgan fingerprint density at radius 3 is 2.00 bits per heavy atom. The third kappa shape index (κ3) is 2.00. The Bertz CT molecular complexity index is 162. The quantitative estimate of drug-likeness (QED) is 0.636. The molecule has 1 heterocycles. The highest BCUT2D eigenvalue weighted by molar-refractivity contribution is 4.87. The molecule has 0 amide bonds. The van der Waals surface area contributed by atoms with Gasteiger partial charge in [0.2, 0.25) is 0 Å². The fourth-order valence-electron chi connectivity index (χ4n) is 1.55. The van der Waals surface area contributed by atoms with Gasteiger partial charge in [0.25, 0.3) is 0 Å². The summed E-state index contributed by atoms with van der Waals surface area (Å²) < 4.78 is 15.4. The molecule has 13 heavy (non-hydrogen) atoms. The van der Waals surface area contributed by atoms with Crippen LogP contribution in [0.15, 0.2) is 0 Å². The summed E-state index contributed by atoms with van der Waals surface area (Å²) in [5.74, 6) is 0. The van der Waals surface area contributed by atoms with Crippen LogP contribution in [0, 0.1) is 0 Å². The number of hydrogen-bond donors (Lipinski definition) is 1. The Hall–Kier alpha value is -0.200. The number of aliphatic hydroxyl groups is 1. The fourth-order valence-corrected chi connectivity index (χ4v) is 1.55. The molecule has 4 atom stereocenters. The van der Waals surface area contributed by atoms with E-state index in [0.717, 1.165) is 0 Å². The summed E-state index contributed by atoms with van der Waals surface area (Å²) in [5.41, 5.74) is 0. The molecule has 0 aliphatic carbocycles. The van der Waals surface area contributed by atoms with Crippen molar-refractivity contribution in [1.29, 1.82) is 0 Å². The topological polar surface area (TPSA) is 51.2 Å². The van der Waals surface area contributed by atoms with Crippen LogP contribution in [0.4, 0.5) is 0 Å². The standard InChI is InChI=1S/C8H17NO4/c1-9(2)5-6(10)8(12-4)13-7(5)11-3/h5-8,10H,1-4H3/t5-,6-,7+,8-/m0/s1. The molecule has 0 bridgehead atoms. The monoisotopic (exact) mass is 191 g/mol. The molecule has 5 heteroatoms. The SMILES string of the molecule is CO[C@H]1O[C@@H](OC)[C@@H](N(C)C)[C@@H]1O. The average Bonchev–Trinajstić information content (AvgIpc) is 2.41. The lowest BCUT2D eigenvalue weighted by Crippen LogP contribution is -2.44. The normalized spacial score (nSPS) is 40.2. The van der Waals surface area contributed by atoms with Gasteiger partial charge in [-0.05, 0) is 14.1 Å². The molecule has 0 saturated carbocycles. The number of rotatable bonds is 3. The highest BCUT2D eigenvalue weighted by atomic mass is 16.8. The summed E-state index contributed by atoms with van der Waals surface area (Å²) in [4.78, 5) is 1.86. The van der Waals surface area contributed by atoms with Crippen LogP contribution in [0.3, 0.4) is 0 Å². The first-order chi connectivity index (χ1) is 6.11. The van der Waals surface area contributed by atoms with Gasteiger partial charge in [0.05, 0.1) is 6.04 Å². The van der Waals surface area contributed by atoms with Crippen molar-refractivity contribution in [3.05, 3.63) is 0 Å². The zero-order valence-corrected chi connectivity index (χ0v) is 8.43. The van der Waals surface area contributed by atoms with E-state index in [1.54, 1.807) is 7.11 Å². The molecule has 1 fully saturated rings. The molecule has 0 aromatic heterocycles. The van der Waals surface area contributed by atoms with Crippen molar-refractivity contribution in [3.63, 3.8) is 0 Å². The molecule has 1 aliphatic rings. The Labute approximate surface area is 78.2 Å². The summed E-state index contributed by atoms with van der Waals surface area (Å²) in [7, 11) is 6.77. The second kappa shape index (κ2) is 4.34. The highest BCUT2D eigenvalue weighted by Crippen LogP contribution is 2.24. The van der Waals surface area contributed by atoms with Crippen LogP contribution in [0.2, 0.25) is 0 Å². The van der Waals surface area contributed by atoms with Gasteiger partial charge in [0.1, 0.15) is 6.10 Å². The van der Waals surface area contributed by atoms with Crippen molar-refractivity contribution in [2.75, 3.05) is 28.3 Å². The molecule has 78 valence electrons. The number of ether oxygens (including phenoxy) is 3. The van der Waals surface area contributed by atoms with Crippen LogP contribution in [-0.4, -0.2) is 63.0 Å². The Morgan fingerprint density at radius 1 is 1.15 bits per heavy atom. The van der Waals surface area contributed by atoms with Crippen molar-refractivity contribution in [2.45, 2.75) is 24.7 Å². The molecule has 0 spiro atoms. The van der Waals surface area contributed by atoms with E-state index in [9.17, 15) is 5.11 Å². The van der Waals surface area contributed by atoms with Gasteiger partial charge in [-0.1, -0.05) is 0 Å². The first-order valence-electron chi connectivity index (χ1n) is 4.17. The zero-order valence-electron chi connectivity index (χ0n) is 8.43. The highest BCUT2D eigenvalue weighted by Gasteiger charge is 2.45. The Kier molecular flexibility index (Phi) is 3.63. The zero-order chi connectivity index (χ0) is 10.0. The molecule has 0 aromatic rings. The van der Waals surface area contributed by atoms with Crippen molar-refractivity contribution >= 4 is 0 Å². The van der Waals surface area contributed by atoms with E-state index in [-0.39, 0.29) is 6.04 Å². The van der Waals surface area contributed by atoms with Gasteiger partial charge in [-0.2, -0.15) is 0 Å². The lowest BCUT2D eigenvalue weighted by molar-refractivity contribution is -0.202. The molecule has 1 saturated heterocycles. The van der Waals surface area contributed by atoms with E-state index >= 15 is 0 Å².